The van der Waals surface area contributed by atoms with Crippen LogP contribution in [0, 0.1) is 6.92 Å². The van der Waals surface area contributed by atoms with Crippen LogP contribution in [-0.4, -0.2) is 21.3 Å². The van der Waals surface area contributed by atoms with Gasteiger partial charge in [0.15, 0.2) is 0 Å². The highest BCUT2D eigenvalue weighted by Crippen LogP contribution is 2.26. The van der Waals surface area contributed by atoms with Gasteiger partial charge in [0.05, 0.1) is 27.5 Å². The quantitative estimate of drug-likeness (QED) is 0.921. The molecule has 20 heavy (non-hydrogen) atoms. The van der Waals surface area contributed by atoms with Crippen LogP contribution in [0.5, 0.6) is 0 Å². The van der Waals surface area contributed by atoms with Crippen molar-refractivity contribution < 1.29 is 0 Å². The Morgan fingerprint density at radius 1 is 1.35 bits per heavy atom. The molecule has 2 rings (SSSR count). The van der Waals surface area contributed by atoms with E-state index in [9.17, 15) is 0 Å². The standard InChI is InChI=1S/C14H18Cl2N4/c1-4-17-13(7-11-5-9(2)19-20(11)3)14-12(16)6-10(15)8-18-14/h5-6,8,13,17H,4,7H2,1-3H3. The summed E-state index contributed by atoms with van der Waals surface area (Å²) in [6.45, 7) is 4.88. The number of nitrogens with one attached hydrogen (secondary N) is 1. The topological polar surface area (TPSA) is 42.7 Å². The van der Waals surface area contributed by atoms with Crippen LogP contribution in [-0.2, 0) is 13.5 Å². The lowest BCUT2D eigenvalue weighted by molar-refractivity contribution is 0.517. The lowest BCUT2D eigenvalue weighted by atomic mass is 10.1. The van der Waals surface area contributed by atoms with Gasteiger partial charge in [-0.1, -0.05) is 30.1 Å². The zero-order chi connectivity index (χ0) is 14.7. The highest BCUT2D eigenvalue weighted by molar-refractivity contribution is 6.34. The number of rotatable bonds is 5. The third-order valence-corrected chi connectivity index (χ3v) is 3.64. The molecule has 0 fully saturated rings. The number of likely N-dealkylation sites (N-methyl/N-ethyl adjacent to an activating group) is 1. The Bertz CT molecular complexity index is 595. The van der Waals surface area contributed by atoms with E-state index >= 15 is 0 Å². The van der Waals surface area contributed by atoms with Crippen LogP contribution in [0.4, 0.5) is 0 Å². The second-order valence-corrected chi connectivity index (χ2v) is 5.58. The van der Waals surface area contributed by atoms with Crippen molar-refractivity contribution in [2.75, 3.05) is 6.54 Å². The maximum atomic E-state index is 6.26. The lowest BCUT2D eigenvalue weighted by Crippen LogP contribution is -2.25. The highest BCUT2D eigenvalue weighted by Gasteiger charge is 2.18. The minimum atomic E-state index is 0.0413. The number of nitrogens with zero attached hydrogens (tertiary/aromatic N) is 3. The van der Waals surface area contributed by atoms with Crippen LogP contribution < -0.4 is 5.32 Å². The second kappa shape index (κ2) is 6.57. The number of pyridine rings is 1. The van der Waals surface area contributed by atoms with Crippen molar-refractivity contribution in [3.63, 3.8) is 0 Å². The molecule has 0 bridgehead atoms. The van der Waals surface area contributed by atoms with Crippen molar-refractivity contribution in [3.8, 4) is 0 Å². The number of aryl methyl sites for hydroxylation is 2. The number of aromatic nitrogens is 3. The SMILES string of the molecule is CCNC(Cc1cc(C)nn1C)c1ncc(Cl)cc1Cl. The van der Waals surface area contributed by atoms with Crippen molar-refractivity contribution in [2.24, 2.45) is 7.05 Å². The third-order valence-electron chi connectivity index (χ3n) is 3.13. The zero-order valence-corrected chi connectivity index (χ0v) is 13.3. The molecule has 108 valence electrons. The molecular weight excluding hydrogens is 295 g/mol. The Morgan fingerprint density at radius 3 is 2.65 bits per heavy atom. The van der Waals surface area contributed by atoms with E-state index in [1.807, 2.05) is 18.7 Å². The maximum absolute atomic E-state index is 6.26. The summed E-state index contributed by atoms with van der Waals surface area (Å²) >= 11 is 12.2. The molecule has 1 unspecified atom stereocenters. The van der Waals surface area contributed by atoms with Crippen LogP contribution in [0.1, 0.15) is 30.0 Å². The third kappa shape index (κ3) is 3.51. The predicted molar refractivity (Wildman–Crippen MR) is 82.3 cm³/mol. The average molecular weight is 313 g/mol. The lowest BCUT2D eigenvalue weighted by Gasteiger charge is -2.18. The largest absolute Gasteiger partial charge is 0.309 e. The fourth-order valence-electron chi connectivity index (χ4n) is 2.26. The molecule has 0 spiro atoms. The van der Waals surface area contributed by atoms with Gasteiger partial charge >= 0.3 is 0 Å². The molecule has 4 nitrogen and oxygen atoms in total. The zero-order valence-electron chi connectivity index (χ0n) is 11.8. The summed E-state index contributed by atoms with van der Waals surface area (Å²) < 4.78 is 1.89. The van der Waals surface area contributed by atoms with Crippen molar-refractivity contribution in [3.05, 3.63) is 45.5 Å². The summed E-state index contributed by atoms with van der Waals surface area (Å²) in [5.41, 5.74) is 2.96. The van der Waals surface area contributed by atoms with Gasteiger partial charge in [-0.25, -0.2) is 0 Å². The van der Waals surface area contributed by atoms with Crippen LogP contribution in [0.25, 0.3) is 0 Å². The Morgan fingerprint density at radius 2 is 2.10 bits per heavy atom. The van der Waals surface area contributed by atoms with Crippen LogP contribution in [0.15, 0.2) is 18.3 Å². The van der Waals surface area contributed by atoms with Crippen LogP contribution in [0.3, 0.4) is 0 Å². The van der Waals surface area contributed by atoms with Gasteiger partial charge in [-0.2, -0.15) is 5.10 Å². The van der Waals surface area contributed by atoms with Gasteiger partial charge in [0.2, 0.25) is 0 Å². The minimum Gasteiger partial charge on any atom is -0.309 e. The van der Waals surface area contributed by atoms with Crippen molar-refractivity contribution in [1.29, 1.82) is 0 Å². The molecule has 0 saturated heterocycles. The summed E-state index contributed by atoms with van der Waals surface area (Å²) in [5.74, 6) is 0. The van der Waals surface area contributed by atoms with Crippen molar-refractivity contribution >= 4 is 23.2 Å². The van der Waals surface area contributed by atoms with Gasteiger partial charge < -0.3 is 5.32 Å². The molecule has 1 atom stereocenters. The monoisotopic (exact) mass is 312 g/mol. The predicted octanol–water partition coefficient (Wildman–Crippen LogP) is 3.32. The molecule has 0 saturated carbocycles. The summed E-state index contributed by atoms with van der Waals surface area (Å²) in [5, 5.41) is 8.91. The Hall–Kier alpha value is -1.10. The van der Waals surface area contributed by atoms with Crippen LogP contribution >= 0.6 is 23.2 Å². The van der Waals surface area contributed by atoms with Crippen molar-refractivity contribution in [1.82, 2.24) is 20.1 Å². The van der Waals surface area contributed by atoms with E-state index in [2.05, 4.69) is 28.4 Å². The van der Waals surface area contributed by atoms with E-state index in [0.717, 1.165) is 30.0 Å². The molecule has 0 aromatic carbocycles. The second-order valence-electron chi connectivity index (χ2n) is 4.74. The first-order valence-electron chi connectivity index (χ1n) is 6.55. The number of halogens is 2. The molecular formula is C14H18Cl2N4. The normalized spacial score (nSPS) is 12.7. The summed E-state index contributed by atoms with van der Waals surface area (Å²) in [7, 11) is 1.95. The number of hydrogen-bond acceptors (Lipinski definition) is 3. The highest BCUT2D eigenvalue weighted by atomic mass is 35.5. The Labute approximate surface area is 129 Å². The first-order chi connectivity index (χ1) is 9.51. The van der Waals surface area contributed by atoms with Gasteiger partial charge in [-0.05, 0) is 25.6 Å². The van der Waals surface area contributed by atoms with Crippen LogP contribution in [0.2, 0.25) is 10.0 Å². The van der Waals surface area contributed by atoms with E-state index in [-0.39, 0.29) is 6.04 Å². The van der Waals surface area contributed by atoms with Gasteiger partial charge in [0.1, 0.15) is 0 Å². The fraction of sp³-hybridized carbons (Fsp3) is 0.429. The maximum Gasteiger partial charge on any atom is 0.0764 e. The molecule has 1 N–H and O–H groups in total. The molecule has 0 aliphatic rings. The molecule has 6 heteroatoms. The molecule has 2 aromatic heterocycles. The van der Waals surface area contributed by atoms with Gasteiger partial charge in [0, 0.05) is 25.4 Å². The Balaban J connectivity index is 2.29. The molecule has 2 aromatic rings. The molecule has 0 amide bonds. The molecule has 0 radical (unpaired) electrons. The van der Waals surface area contributed by atoms with E-state index in [4.69, 9.17) is 23.2 Å². The minimum absolute atomic E-state index is 0.0413. The Kier molecular flexibility index (Phi) is 5.02. The first kappa shape index (κ1) is 15.3. The average Bonchev–Trinajstić information content (AvgIpc) is 2.67. The smallest absolute Gasteiger partial charge is 0.0764 e. The van der Waals surface area contributed by atoms with E-state index in [1.54, 1.807) is 12.3 Å². The number of hydrogen-bond donors (Lipinski definition) is 1. The summed E-state index contributed by atoms with van der Waals surface area (Å²) in [6, 6.07) is 3.85. The molecule has 0 aliphatic carbocycles. The van der Waals surface area contributed by atoms with Crippen molar-refractivity contribution in [2.45, 2.75) is 26.3 Å². The summed E-state index contributed by atoms with van der Waals surface area (Å²) in [6.07, 6.45) is 2.40. The van der Waals surface area contributed by atoms with Gasteiger partial charge in [-0.3, -0.25) is 9.67 Å². The molecule has 2 heterocycles. The first-order valence-corrected chi connectivity index (χ1v) is 7.30. The van der Waals surface area contributed by atoms with E-state index in [1.165, 1.54) is 0 Å². The fourth-order valence-corrected chi connectivity index (χ4v) is 2.77. The summed E-state index contributed by atoms with van der Waals surface area (Å²) in [4.78, 5) is 4.37. The van der Waals surface area contributed by atoms with Gasteiger partial charge in [-0.15, -0.1) is 0 Å². The van der Waals surface area contributed by atoms with E-state index in [0.29, 0.717) is 10.0 Å². The van der Waals surface area contributed by atoms with Gasteiger partial charge in [0.25, 0.3) is 0 Å². The van der Waals surface area contributed by atoms with E-state index < -0.39 is 0 Å². The molecule has 0 aliphatic heterocycles.